The number of halogens is 3. The molecule has 0 aliphatic carbocycles. The van der Waals surface area contributed by atoms with Crippen molar-refractivity contribution in [2.75, 3.05) is 5.73 Å². The minimum atomic E-state index is -4.00. The lowest BCUT2D eigenvalue weighted by Crippen LogP contribution is -2.24. The van der Waals surface area contributed by atoms with Crippen molar-refractivity contribution in [3.05, 3.63) is 57.3 Å². The van der Waals surface area contributed by atoms with Crippen molar-refractivity contribution in [1.29, 1.82) is 0 Å². The van der Waals surface area contributed by atoms with Crippen molar-refractivity contribution in [2.24, 2.45) is 0 Å². The van der Waals surface area contributed by atoms with Crippen molar-refractivity contribution in [3.63, 3.8) is 0 Å². The third-order valence-corrected chi connectivity index (χ3v) is 5.08. The van der Waals surface area contributed by atoms with E-state index in [4.69, 9.17) is 17.3 Å². The van der Waals surface area contributed by atoms with E-state index in [0.717, 1.165) is 12.1 Å². The van der Waals surface area contributed by atoms with Crippen LogP contribution in [-0.4, -0.2) is 8.42 Å². The van der Waals surface area contributed by atoms with Gasteiger partial charge in [0.15, 0.2) is 0 Å². The zero-order valence-electron chi connectivity index (χ0n) is 10.6. The first kappa shape index (κ1) is 16.2. The van der Waals surface area contributed by atoms with Gasteiger partial charge in [-0.15, -0.1) is 0 Å². The number of hydrogen-bond acceptors (Lipinski definition) is 3. The van der Waals surface area contributed by atoms with Gasteiger partial charge < -0.3 is 5.73 Å². The fourth-order valence-electron chi connectivity index (χ4n) is 1.61. The van der Waals surface area contributed by atoms with Crippen LogP contribution in [0.2, 0.25) is 5.02 Å². The summed E-state index contributed by atoms with van der Waals surface area (Å²) in [5, 5.41) is 0.549. The van der Waals surface area contributed by atoms with Gasteiger partial charge in [-0.2, -0.15) is 0 Å². The third kappa shape index (κ3) is 3.94. The van der Waals surface area contributed by atoms with E-state index < -0.39 is 20.7 Å². The molecule has 0 amide bonds. The Balaban J connectivity index is 2.22. The molecule has 0 aliphatic heterocycles. The van der Waals surface area contributed by atoms with Crippen molar-refractivity contribution in [2.45, 2.75) is 11.4 Å². The molecule has 0 saturated carbocycles. The van der Waals surface area contributed by atoms with Gasteiger partial charge in [-0.25, -0.2) is 17.5 Å². The van der Waals surface area contributed by atoms with Crippen LogP contribution in [0.1, 0.15) is 5.56 Å². The minimum Gasteiger partial charge on any atom is -0.398 e. The van der Waals surface area contributed by atoms with E-state index in [0.29, 0.717) is 15.1 Å². The van der Waals surface area contributed by atoms with Crippen LogP contribution in [0.4, 0.5) is 10.1 Å². The molecule has 2 aromatic carbocycles. The maximum absolute atomic E-state index is 13.8. The molecule has 0 bridgehead atoms. The molecule has 112 valence electrons. The molecule has 2 rings (SSSR count). The predicted molar refractivity (Wildman–Crippen MR) is 84.0 cm³/mol. The lowest BCUT2D eigenvalue weighted by molar-refractivity contribution is 0.556. The number of nitrogen functional groups attached to an aromatic ring is 1. The van der Waals surface area contributed by atoms with Crippen LogP contribution in [0, 0.1) is 5.82 Å². The smallest absolute Gasteiger partial charge is 0.243 e. The molecule has 0 unspecified atom stereocenters. The molecule has 0 aliphatic rings. The van der Waals surface area contributed by atoms with E-state index in [9.17, 15) is 12.8 Å². The van der Waals surface area contributed by atoms with Crippen molar-refractivity contribution < 1.29 is 12.8 Å². The summed E-state index contributed by atoms with van der Waals surface area (Å²) in [5.41, 5.74) is 6.43. The fraction of sp³-hybridized carbons (Fsp3) is 0.0769. The Morgan fingerprint density at radius 1 is 1.24 bits per heavy atom. The van der Waals surface area contributed by atoms with Gasteiger partial charge >= 0.3 is 0 Å². The summed E-state index contributed by atoms with van der Waals surface area (Å²) in [5.74, 6) is -0.875. The average molecular weight is 394 g/mol. The van der Waals surface area contributed by atoms with E-state index in [1.807, 2.05) is 0 Å². The molecule has 2 aromatic rings. The molecule has 0 atom stereocenters. The third-order valence-electron chi connectivity index (χ3n) is 2.72. The Bertz CT molecular complexity index is 766. The van der Waals surface area contributed by atoms with Crippen LogP contribution >= 0.6 is 27.5 Å². The maximum Gasteiger partial charge on any atom is 0.243 e. The molecule has 8 heteroatoms. The number of benzene rings is 2. The Morgan fingerprint density at radius 2 is 1.86 bits per heavy atom. The highest BCUT2D eigenvalue weighted by molar-refractivity contribution is 9.10. The van der Waals surface area contributed by atoms with Crippen molar-refractivity contribution in [1.82, 2.24) is 4.72 Å². The van der Waals surface area contributed by atoms with Gasteiger partial charge in [0.05, 0.1) is 0 Å². The second-order valence-electron chi connectivity index (χ2n) is 4.26. The number of hydrogen-bond donors (Lipinski definition) is 2. The van der Waals surface area contributed by atoms with E-state index in [1.165, 1.54) is 0 Å². The molecule has 0 saturated heterocycles. The second-order valence-corrected chi connectivity index (χ2v) is 7.28. The monoisotopic (exact) mass is 392 g/mol. The molecular formula is C13H11BrClFN2O2S. The summed E-state index contributed by atoms with van der Waals surface area (Å²) in [4.78, 5) is -0.489. The van der Waals surface area contributed by atoms with E-state index in [1.54, 1.807) is 24.3 Å². The predicted octanol–water partition coefficient (Wildman–Crippen LogP) is 3.30. The van der Waals surface area contributed by atoms with Gasteiger partial charge in [0.1, 0.15) is 10.7 Å². The first-order valence-corrected chi connectivity index (χ1v) is 8.43. The number of sulfonamides is 1. The summed E-state index contributed by atoms with van der Waals surface area (Å²) in [6.07, 6.45) is 0. The van der Waals surface area contributed by atoms with Gasteiger partial charge in [0.2, 0.25) is 10.0 Å². The molecule has 3 N–H and O–H groups in total. The molecule has 0 radical (unpaired) electrons. The topological polar surface area (TPSA) is 72.2 Å². The Morgan fingerprint density at radius 3 is 2.48 bits per heavy atom. The van der Waals surface area contributed by atoms with Crippen molar-refractivity contribution in [3.8, 4) is 0 Å². The highest BCUT2D eigenvalue weighted by Gasteiger charge is 2.20. The van der Waals surface area contributed by atoms with Crippen molar-refractivity contribution >= 4 is 43.2 Å². The Hall–Kier alpha value is -1.15. The lowest BCUT2D eigenvalue weighted by Gasteiger charge is -2.09. The SMILES string of the molecule is Nc1cc(S(=O)(=O)NCc2ccc(Cl)cc2)c(F)cc1Br. The molecule has 21 heavy (non-hydrogen) atoms. The molecule has 0 fully saturated rings. The summed E-state index contributed by atoms with van der Waals surface area (Å²) < 4.78 is 40.6. The van der Waals surface area contributed by atoms with Crippen LogP contribution in [0.3, 0.4) is 0 Å². The van der Waals surface area contributed by atoms with Crippen LogP contribution < -0.4 is 10.5 Å². The van der Waals surface area contributed by atoms with Gasteiger partial charge in [-0.05, 0) is 45.8 Å². The average Bonchev–Trinajstić information content (AvgIpc) is 2.42. The Labute approximate surface area is 135 Å². The summed E-state index contributed by atoms with van der Waals surface area (Å²) in [6.45, 7) is 0.0227. The summed E-state index contributed by atoms with van der Waals surface area (Å²) in [6, 6.07) is 8.73. The normalized spacial score (nSPS) is 11.6. The van der Waals surface area contributed by atoms with E-state index >= 15 is 0 Å². The van der Waals surface area contributed by atoms with Gasteiger partial charge in [0, 0.05) is 21.7 Å². The highest BCUT2D eigenvalue weighted by atomic mass is 79.9. The quantitative estimate of drug-likeness (QED) is 0.783. The lowest BCUT2D eigenvalue weighted by atomic mass is 10.2. The van der Waals surface area contributed by atoms with Gasteiger partial charge in [-0.3, -0.25) is 0 Å². The standard InChI is InChI=1S/C13H11BrClFN2O2S/c14-10-5-11(16)13(6-12(10)17)21(19,20)18-7-8-1-3-9(15)4-2-8/h1-6,18H,7,17H2. The number of anilines is 1. The van der Waals surface area contributed by atoms with Gasteiger partial charge in [0.25, 0.3) is 0 Å². The number of rotatable bonds is 4. The minimum absolute atomic E-state index is 0.0227. The second kappa shape index (κ2) is 6.31. The first-order chi connectivity index (χ1) is 9.79. The van der Waals surface area contributed by atoms with Crippen LogP contribution in [-0.2, 0) is 16.6 Å². The zero-order chi connectivity index (χ0) is 15.6. The van der Waals surface area contributed by atoms with E-state index in [-0.39, 0.29) is 12.2 Å². The number of nitrogens with two attached hydrogens (primary N) is 1. The largest absolute Gasteiger partial charge is 0.398 e. The molecule has 0 spiro atoms. The Kier molecular flexibility index (Phi) is 4.88. The zero-order valence-corrected chi connectivity index (χ0v) is 13.8. The van der Waals surface area contributed by atoms with E-state index in [2.05, 4.69) is 20.7 Å². The van der Waals surface area contributed by atoms with Crippen LogP contribution in [0.25, 0.3) is 0 Å². The maximum atomic E-state index is 13.8. The summed E-state index contributed by atoms with van der Waals surface area (Å²) in [7, 11) is -4.00. The molecule has 0 aromatic heterocycles. The van der Waals surface area contributed by atoms with Gasteiger partial charge in [-0.1, -0.05) is 23.7 Å². The fourth-order valence-corrected chi connectivity index (χ4v) is 3.16. The summed E-state index contributed by atoms with van der Waals surface area (Å²) >= 11 is 8.78. The first-order valence-electron chi connectivity index (χ1n) is 5.78. The molecule has 4 nitrogen and oxygen atoms in total. The van der Waals surface area contributed by atoms with Crippen LogP contribution in [0.5, 0.6) is 0 Å². The highest BCUT2D eigenvalue weighted by Crippen LogP contribution is 2.26. The number of nitrogens with one attached hydrogen (secondary N) is 1. The van der Waals surface area contributed by atoms with Crippen LogP contribution in [0.15, 0.2) is 45.8 Å². The molecular weight excluding hydrogens is 383 g/mol. The molecule has 0 heterocycles.